The topological polar surface area (TPSA) is 4.93 Å². The van der Waals surface area contributed by atoms with Crippen LogP contribution in [0.25, 0.3) is 71.6 Å². The predicted octanol–water partition coefficient (Wildman–Crippen LogP) is 13.6. The van der Waals surface area contributed by atoms with Gasteiger partial charge >= 0.3 is 0 Å². The van der Waals surface area contributed by atoms with Crippen molar-refractivity contribution >= 4 is 32.6 Å². The molecular weight excluding hydrogens is 651 g/mol. The van der Waals surface area contributed by atoms with Gasteiger partial charge in [-0.25, -0.2) is 0 Å². The zero-order valence-corrected chi connectivity index (χ0v) is 29.7. The molecule has 1 heteroatoms. The third-order valence-corrected chi connectivity index (χ3v) is 11.7. The molecule has 11 rings (SSSR count). The molecule has 0 N–H and O–H groups in total. The zero-order chi connectivity index (χ0) is 35.6. The molecule has 10 aromatic rings. The highest BCUT2D eigenvalue weighted by Gasteiger charge is 2.47. The van der Waals surface area contributed by atoms with Gasteiger partial charge < -0.3 is 4.57 Å². The minimum absolute atomic E-state index is 0.505. The smallest absolute Gasteiger partial charge is 0.0719 e. The first-order valence-corrected chi connectivity index (χ1v) is 18.8. The fourth-order valence-electron chi connectivity index (χ4n) is 9.32. The molecular formula is C53H35N. The van der Waals surface area contributed by atoms with Gasteiger partial charge in [-0.3, -0.25) is 0 Å². The molecule has 1 aliphatic rings. The Morgan fingerprint density at radius 1 is 0.333 bits per heavy atom. The van der Waals surface area contributed by atoms with Crippen molar-refractivity contribution in [2.24, 2.45) is 0 Å². The Bertz CT molecular complexity index is 2970. The van der Waals surface area contributed by atoms with Crippen LogP contribution in [-0.2, 0) is 5.41 Å². The van der Waals surface area contributed by atoms with Crippen molar-refractivity contribution in [3.8, 4) is 39.1 Å². The first-order valence-electron chi connectivity index (χ1n) is 18.8. The summed E-state index contributed by atoms with van der Waals surface area (Å²) in [7, 11) is 0. The second-order valence-corrected chi connectivity index (χ2v) is 14.5. The van der Waals surface area contributed by atoms with E-state index in [9.17, 15) is 0 Å². The van der Waals surface area contributed by atoms with E-state index in [-0.39, 0.29) is 0 Å². The van der Waals surface area contributed by atoms with Gasteiger partial charge in [0, 0.05) is 16.5 Å². The molecule has 0 spiro atoms. The Morgan fingerprint density at radius 2 is 0.870 bits per heavy atom. The number of rotatable bonds is 5. The SMILES string of the molecule is c1ccc(-c2ccc3c(c2)C(c2ccccc2)(c2ccccc2)c2c-3ccc3cc(-c4ccc5c6ccccc6n(-c6ccccc6)c5c4)ccc23)cc1. The van der Waals surface area contributed by atoms with Crippen LogP contribution in [0.5, 0.6) is 0 Å². The largest absolute Gasteiger partial charge is 0.309 e. The molecule has 0 saturated heterocycles. The number of benzene rings is 9. The van der Waals surface area contributed by atoms with Crippen molar-refractivity contribution in [1.82, 2.24) is 4.57 Å². The van der Waals surface area contributed by atoms with E-state index in [0.717, 1.165) is 0 Å². The van der Waals surface area contributed by atoms with Gasteiger partial charge in [-0.1, -0.05) is 176 Å². The van der Waals surface area contributed by atoms with Crippen molar-refractivity contribution in [3.05, 3.63) is 235 Å². The highest BCUT2D eigenvalue weighted by molar-refractivity contribution is 6.10. The number of hydrogen-bond acceptors (Lipinski definition) is 0. The van der Waals surface area contributed by atoms with Crippen molar-refractivity contribution in [3.63, 3.8) is 0 Å². The van der Waals surface area contributed by atoms with Gasteiger partial charge in [0.25, 0.3) is 0 Å². The van der Waals surface area contributed by atoms with E-state index in [1.165, 1.54) is 93.9 Å². The van der Waals surface area contributed by atoms with Crippen LogP contribution in [0.2, 0.25) is 0 Å². The first-order chi connectivity index (χ1) is 26.8. The number of fused-ring (bicyclic) bond motifs is 8. The molecule has 54 heavy (non-hydrogen) atoms. The molecule has 0 aliphatic heterocycles. The standard InChI is InChI=1S/C53H35N/c1-5-15-36(16-6-1)38-26-30-45-48-32-28-40-33-37(39-27-31-47-46-23-13-14-24-50(46)54(51(47)35-39)43-21-11-4-12-22-43)25-29-44(40)52(48)53(49(45)34-38,41-17-7-2-8-18-41)42-19-9-3-10-20-42/h1-35H. The van der Waals surface area contributed by atoms with E-state index >= 15 is 0 Å². The summed E-state index contributed by atoms with van der Waals surface area (Å²) in [5, 5.41) is 5.05. The van der Waals surface area contributed by atoms with Crippen molar-refractivity contribution in [1.29, 1.82) is 0 Å². The highest BCUT2D eigenvalue weighted by Crippen LogP contribution is 2.58. The Balaban J connectivity index is 1.16. The minimum atomic E-state index is -0.505. The van der Waals surface area contributed by atoms with Crippen molar-refractivity contribution in [2.45, 2.75) is 5.41 Å². The molecule has 0 bridgehead atoms. The number of aromatic nitrogens is 1. The van der Waals surface area contributed by atoms with Gasteiger partial charge in [0.05, 0.1) is 16.4 Å². The normalized spacial score (nSPS) is 13.0. The molecule has 1 heterocycles. The maximum absolute atomic E-state index is 2.45. The second kappa shape index (κ2) is 12.0. The molecule has 0 unspecified atom stereocenters. The van der Waals surface area contributed by atoms with E-state index in [2.05, 4.69) is 217 Å². The quantitative estimate of drug-likeness (QED) is 0.170. The van der Waals surface area contributed by atoms with Crippen LogP contribution in [0.1, 0.15) is 22.3 Å². The van der Waals surface area contributed by atoms with Gasteiger partial charge in [0.1, 0.15) is 0 Å². The lowest BCUT2D eigenvalue weighted by atomic mass is 9.66. The van der Waals surface area contributed by atoms with Crippen LogP contribution in [-0.4, -0.2) is 4.57 Å². The van der Waals surface area contributed by atoms with Crippen LogP contribution in [0.4, 0.5) is 0 Å². The molecule has 0 atom stereocenters. The third-order valence-electron chi connectivity index (χ3n) is 11.7. The second-order valence-electron chi connectivity index (χ2n) is 14.5. The maximum Gasteiger partial charge on any atom is 0.0719 e. The highest BCUT2D eigenvalue weighted by atomic mass is 15.0. The molecule has 9 aromatic carbocycles. The maximum atomic E-state index is 2.45. The van der Waals surface area contributed by atoms with Gasteiger partial charge in [-0.05, 0) is 103 Å². The summed E-state index contributed by atoms with van der Waals surface area (Å²) in [4.78, 5) is 0. The average molecular weight is 686 g/mol. The fourth-order valence-corrected chi connectivity index (χ4v) is 9.32. The van der Waals surface area contributed by atoms with Gasteiger partial charge in [-0.2, -0.15) is 0 Å². The lowest BCUT2D eigenvalue weighted by Gasteiger charge is -2.35. The summed E-state index contributed by atoms with van der Waals surface area (Å²) in [6, 6.07) is 78.3. The van der Waals surface area contributed by atoms with E-state index in [4.69, 9.17) is 0 Å². The molecule has 0 saturated carbocycles. The van der Waals surface area contributed by atoms with Crippen LogP contribution >= 0.6 is 0 Å². The Labute approximate surface area is 315 Å². The van der Waals surface area contributed by atoms with Crippen molar-refractivity contribution in [2.75, 3.05) is 0 Å². The van der Waals surface area contributed by atoms with Crippen LogP contribution < -0.4 is 0 Å². The molecule has 1 aliphatic carbocycles. The molecule has 0 fully saturated rings. The Hall–Kier alpha value is -6.96. The summed E-state index contributed by atoms with van der Waals surface area (Å²) in [5.41, 5.74) is 15.8. The summed E-state index contributed by atoms with van der Waals surface area (Å²) in [5.74, 6) is 0. The predicted molar refractivity (Wildman–Crippen MR) is 226 cm³/mol. The van der Waals surface area contributed by atoms with Gasteiger partial charge in [-0.15, -0.1) is 0 Å². The van der Waals surface area contributed by atoms with Gasteiger partial charge in [0.15, 0.2) is 0 Å². The lowest BCUT2D eigenvalue weighted by molar-refractivity contribution is 0.776. The molecule has 1 nitrogen and oxygen atoms in total. The summed E-state index contributed by atoms with van der Waals surface area (Å²) < 4.78 is 2.40. The van der Waals surface area contributed by atoms with Crippen LogP contribution in [0.15, 0.2) is 212 Å². The molecule has 0 radical (unpaired) electrons. The fraction of sp³-hybridized carbons (Fsp3) is 0.0189. The number of nitrogens with zero attached hydrogens (tertiary/aromatic N) is 1. The van der Waals surface area contributed by atoms with Crippen molar-refractivity contribution < 1.29 is 0 Å². The third kappa shape index (κ3) is 4.45. The van der Waals surface area contributed by atoms with E-state index < -0.39 is 5.41 Å². The number of para-hydroxylation sites is 2. The average Bonchev–Trinajstić information content (AvgIpc) is 3.75. The summed E-state index contributed by atoms with van der Waals surface area (Å²) in [6.45, 7) is 0. The summed E-state index contributed by atoms with van der Waals surface area (Å²) >= 11 is 0. The van der Waals surface area contributed by atoms with Crippen LogP contribution in [0, 0.1) is 0 Å². The Morgan fingerprint density at radius 3 is 1.59 bits per heavy atom. The van der Waals surface area contributed by atoms with Crippen LogP contribution in [0.3, 0.4) is 0 Å². The summed E-state index contributed by atoms with van der Waals surface area (Å²) in [6.07, 6.45) is 0. The van der Waals surface area contributed by atoms with Gasteiger partial charge in [0.2, 0.25) is 0 Å². The monoisotopic (exact) mass is 685 g/mol. The number of hydrogen-bond donors (Lipinski definition) is 0. The molecule has 252 valence electrons. The first kappa shape index (κ1) is 30.6. The molecule has 0 amide bonds. The van der Waals surface area contributed by atoms with E-state index in [0.29, 0.717) is 0 Å². The minimum Gasteiger partial charge on any atom is -0.309 e. The zero-order valence-electron chi connectivity index (χ0n) is 29.7. The van der Waals surface area contributed by atoms with E-state index in [1.807, 2.05) is 0 Å². The Kier molecular flexibility index (Phi) is 6.84. The van der Waals surface area contributed by atoms with E-state index in [1.54, 1.807) is 0 Å². The lowest BCUT2D eigenvalue weighted by Crippen LogP contribution is -2.28. The molecule has 1 aromatic heterocycles.